The van der Waals surface area contributed by atoms with E-state index in [0.29, 0.717) is 25.0 Å². The van der Waals surface area contributed by atoms with E-state index in [9.17, 15) is 9.59 Å². The molecule has 1 saturated carbocycles. The van der Waals surface area contributed by atoms with Gasteiger partial charge in [-0.3, -0.25) is 4.79 Å². The number of carbonyl (C=O) groups is 2. The molecule has 4 atom stereocenters. The first-order valence-corrected chi connectivity index (χ1v) is 10.3. The van der Waals surface area contributed by atoms with Crippen LogP contribution in [0.5, 0.6) is 0 Å². The number of alkyl carbamates (subject to hydrolysis) is 1. The first kappa shape index (κ1) is 22.0. The van der Waals surface area contributed by atoms with Crippen molar-refractivity contribution in [2.75, 3.05) is 19.8 Å². The molecule has 1 N–H and O–H groups in total. The number of hydrogen-bond acceptors (Lipinski definition) is 4. The molecule has 0 spiro atoms. The van der Waals surface area contributed by atoms with E-state index in [4.69, 9.17) is 9.47 Å². The van der Waals surface area contributed by atoms with Gasteiger partial charge in [0.15, 0.2) is 0 Å². The van der Waals surface area contributed by atoms with Crippen molar-refractivity contribution in [2.24, 2.45) is 17.3 Å². The molecule has 0 aromatic heterocycles. The van der Waals surface area contributed by atoms with Crippen LogP contribution >= 0.6 is 0 Å². The molecule has 1 aliphatic carbocycles. The first-order chi connectivity index (χ1) is 12.4. The van der Waals surface area contributed by atoms with E-state index in [1.165, 1.54) is 12.8 Å². The van der Waals surface area contributed by atoms with Crippen LogP contribution in [0, 0.1) is 17.3 Å². The molecule has 0 bridgehead atoms. The molecule has 2 fully saturated rings. The lowest BCUT2D eigenvalue weighted by atomic mass is 9.85. The fourth-order valence-corrected chi connectivity index (χ4v) is 4.36. The van der Waals surface area contributed by atoms with E-state index >= 15 is 0 Å². The van der Waals surface area contributed by atoms with Gasteiger partial charge in [0.25, 0.3) is 0 Å². The minimum absolute atomic E-state index is 0.0209. The van der Waals surface area contributed by atoms with Gasteiger partial charge in [0.05, 0.1) is 12.6 Å². The number of carbonyl (C=O) groups excluding carboxylic acids is 2. The molecule has 27 heavy (non-hydrogen) atoms. The fraction of sp³-hybridized carbons (Fsp3) is 0.905. The summed E-state index contributed by atoms with van der Waals surface area (Å²) in [6.07, 6.45) is 3.03. The van der Waals surface area contributed by atoms with Crippen molar-refractivity contribution in [1.29, 1.82) is 0 Å². The average molecular weight is 383 g/mol. The maximum absolute atomic E-state index is 13.5. The number of likely N-dealkylation sites (tertiary alicyclic amines) is 1. The Morgan fingerprint density at radius 3 is 2.37 bits per heavy atom. The summed E-state index contributed by atoms with van der Waals surface area (Å²) in [5.41, 5.74) is -1.01. The Labute approximate surface area is 164 Å². The van der Waals surface area contributed by atoms with Crippen molar-refractivity contribution in [3.05, 3.63) is 0 Å². The maximum Gasteiger partial charge on any atom is 0.408 e. The second-order valence-corrected chi connectivity index (χ2v) is 10.0. The van der Waals surface area contributed by atoms with Crippen LogP contribution in [-0.2, 0) is 14.3 Å². The number of hydrogen-bond donors (Lipinski definition) is 1. The van der Waals surface area contributed by atoms with E-state index in [1.807, 2.05) is 53.4 Å². The number of nitrogens with one attached hydrogen (secondary N) is 1. The topological polar surface area (TPSA) is 67.9 Å². The van der Waals surface area contributed by atoms with Crippen LogP contribution in [0.25, 0.3) is 0 Å². The SMILES string of the molecule is CCOCC1[C@H]2CCC[C@H]2CN1C(=O)[C@@H](NC(=O)OC(C)(C)C)C(C)(C)C. The highest BCUT2D eigenvalue weighted by Crippen LogP contribution is 2.43. The third-order valence-corrected chi connectivity index (χ3v) is 5.59. The van der Waals surface area contributed by atoms with Crippen molar-refractivity contribution in [3.8, 4) is 0 Å². The third kappa shape index (κ3) is 5.59. The summed E-state index contributed by atoms with van der Waals surface area (Å²) < 4.78 is 11.1. The van der Waals surface area contributed by atoms with Gasteiger partial charge in [-0.2, -0.15) is 0 Å². The lowest BCUT2D eigenvalue weighted by molar-refractivity contribution is -0.138. The van der Waals surface area contributed by atoms with Crippen molar-refractivity contribution in [1.82, 2.24) is 10.2 Å². The zero-order chi connectivity index (χ0) is 20.4. The molecule has 2 rings (SSSR count). The summed E-state index contributed by atoms with van der Waals surface area (Å²) in [5.74, 6) is 1.05. The molecule has 0 aromatic carbocycles. The van der Waals surface area contributed by atoms with Crippen molar-refractivity contribution in [3.63, 3.8) is 0 Å². The Kier molecular flexibility index (Phi) is 6.82. The molecule has 0 radical (unpaired) electrons. The summed E-state index contributed by atoms with van der Waals surface area (Å²) in [6, 6.07) is -0.523. The van der Waals surface area contributed by atoms with E-state index in [2.05, 4.69) is 5.32 Å². The van der Waals surface area contributed by atoms with Crippen molar-refractivity contribution < 1.29 is 19.1 Å². The molecule has 1 saturated heterocycles. The summed E-state index contributed by atoms with van der Waals surface area (Å²) in [4.78, 5) is 27.8. The minimum Gasteiger partial charge on any atom is -0.444 e. The predicted molar refractivity (Wildman–Crippen MR) is 105 cm³/mol. The van der Waals surface area contributed by atoms with E-state index in [-0.39, 0.29) is 11.9 Å². The van der Waals surface area contributed by atoms with Gasteiger partial charge in [0, 0.05) is 13.2 Å². The Balaban J connectivity index is 2.17. The highest BCUT2D eigenvalue weighted by molar-refractivity contribution is 5.87. The Hall–Kier alpha value is -1.30. The molecule has 1 aliphatic heterocycles. The van der Waals surface area contributed by atoms with Gasteiger partial charge < -0.3 is 19.7 Å². The van der Waals surface area contributed by atoms with Gasteiger partial charge in [0.1, 0.15) is 11.6 Å². The zero-order valence-corrected chi connectivity index (χ0v) is 18.1. The third-order valence-electron chi connectivity index (χ3n) is 5.59. The van der Waals surface area contributed by atoms with Gasteiger partial charge in [-0.1, -0.05) is 27.2 Å². The lowest BCUT2D eigenvalue weighted by Gasteiger charge is -2.37. The standard InChI is InChI=1S/C21H38N2O4/c1-8-26-13-16-15-11-9-10-14(15)12-23(16)18(24)17(20(2,3)4)22-19(25)27-21(5,6)7/h14-17H,8-13H2,1-7H3,(H,22,25)/t14-,15-,16?,17+/m0/s1. The van der Waals surface area contributed by atoms with Gasteiger partial charge in [-0.25, -0.2) is 4.79 Å². The molecule has 0 aromatic rings. The monoisotopic (exact) mass is 382 g/mol. The zero-order valence-electron chi connectivity index (χ0n) is 18.1. The van der Waals surface area contributed by atoms with Crippen LogP contribution in [0.2, 0.25) is 0 Å². The van der Waals surface area contributed by atoms with E-state index in [0.717, 1.165) is 13.0 Å². The molecule has 6 nitrogen and oxygen atoms in total. The van der Waals surface area contributed by atoms with E-state index < -0.39 is 23.2 Å². The van der Waals surface area contributed by atoms with Gasteiger partial charge in [0.2, 0.25) is 5.91 Å². The molecular formula is C21H38N2O4. The highest BCUT2D eigenvalue weighted by atomic mass is 16.6. The summed E-state index contributed by atoms with van der Waals surface area (Å²) in [6.45, 7) is 15.4. The maximum atomic E-state index is 13.5. The molecule has 1 heterocycles. The van der Waals surface area contributed by atoms with Crippen LogP contribution in [0.15, 0.2) is 0 Å². The number of nitrogens with zero attached hydrogens (tertiary/aromatic N) is 1. The molecular weight excluding hydrogens is 344 g/mol. The van der Waals surface area contributed by atoms with Crippen LogP contribution in [-0.4, -0.2) is 54.3 Å². The van der Waals surface area contributed by atoms with Crippen LogP contribution in [0.3, 0.4) is 0 Å². The number of amides is 2. The summed E-state index contributed by atoms with van der Waals surface area (Å²) >= 11 is 0. The number of ether oxygens (including phenoxy) is 2. The Morgan fingerprint density at radius 2 is 1.81 bits per heavy atom. The second-order valence-electron chi connectivity index (χ2n) is 10.0. The summed E-state index contributed by atoms with van der Waals surface area (Å²) in [5, 5.41) is 2.84. The predicted octanol–water partition coefficient (Wildman–Crippen LogP) is 3.59. The summed E-state index contributed by atoms with van der Waals surface area (Å²) in [7, 11) is 0. The second kappa shape index (κ2) is 8.38. The largest absolute Gasteiger partial charge is 0.444 e. The van der Waals surface area contributed by atoms with Gasteiger partial charge in [-0.05, 0) is 57.8 Å². The minimum atomic E-state index is -0.629. The quantitative estimate of drug-likeness (QED) is 0.789. The molecule has 156 valence electrons. The van der Waals surface area contributed by atoms with Crippen molar-refractivity contribution in [2.45, 2.75) is 85.4 Å². The molecule has 6 heteroatoms. The lowest BCUT2D eigenvalue weighted by Crippen LogP contribution is -2.57. The molecule has 2 aliphatic rings. The van der Waals surface area contributed by atoms with Gasteiger partial charge in [-0.15, -0.1) is 0 Å². The average Bonchev–Trinajstić information content (AvgIpc) is 3.08. The van der Waals surface area contributed by atoms with Crippen LogP contribution in [0.1, 0.15) is 67.7 Å². The first-order valence-electron chi connectivity index (χ1n) is 10.3. The Bertz CT molecular complexity index is 535. The number of rotatable bonds is 5. The smallest absolute Gasteiger partial charge is 0.408 e. The number of fused-ring (bicyclic) bond motifs is 1. The molecule has 1 unspecified atom stereocenters. The normalized spacial score (nSPS) is 26.6. The Morgan fingerprint density at radius 1 is 1.15 bits per heavy atom. The van der Waals surface area contributed by atoms with Crippen molar-refractivity contribution >= 4 is 12.0 Å². The van der Waals surface area contributed by atoms with Gasteiger partial charge >= 0.3 is 6.09 Å². The highest BCUT2D eigenvalue weighted by Gasteiger charge is 2.49. The fourth-order valence-electron chi connectivity index (χ4n) is 4.36. The van der Waals surface area contributed by atoms with Crippen LogP contribution < -0.4 is 5.32 Å². The molecule has 2 amide bonds. The van der Waals surface area contributed by atoms with E-state index in [1.54, 1.807) is 0 Å². The van der Waals surface area contributed by atoms with Crippen LogP contribution in [0.4, 0.5) is 4.79 Å².